The highest BCUT2D eigenvalue weighted by Crippen LogP contribution is 2.54. The molecule has 2 heteroatoms. The number of hydrogen-bond donors (Lipinski definition) is 1. The van der Waals surface area contributed by atoms with Gasteiger partial charge in [0.05, 0.1) is 0 Å². The van der Waals surface area contributed by atoms with Crippen LogP contribution in [0.15, 0.2) is 78.9 Å². The second-order valence-corrected chi connectivity index (χ2v) is 10.5. The molecule has 2 aliphatic carbocycles. The number of thiophene rings is 1. The van der Waals surface area contributed by atoms with E-state index in [1.165, 1.54) is 68.0 Å². The van der Waals surface area contributed by atoms with E-state index in [9.17, 15) is 0 Å². The van der Waals surface area contributed by atoms with E-state index in [0.29, 0.717) is 0 Å². The van der Waals surface area contributed by atoms with Gasteiger partial charge in [0.15, 0.2) is 0 Å². The molecule has 3 atom stereocenters. The number of nitrogens with one attached hydrogen (secondary N) is 1. The van der Waals surface area contributed by atoms with Crippen molar-refractivity contribution in [2.75, 3.05) is 5.32 Å². The molecule has 31 heavy (non-hydrogen) atoms. The van der Waals surface area contributed by atoms with Crippen molar-refractivity contribution in [1.29, 1.82) is 0 Å². The van der Waals surface area contributed by atoms with Crippen molar-refractivity contribution in [1.82, 2.24) is 0 Å². The van der Waals surface area contributed by atoms with E-state index in [4.69, 9.17) is 0 Å². The Labute approximate surface area is 186 Å². The normalized spacial score (nSPS) is 22.6. The first-order valence-corrected chi connectivity index (χ1v) is 12.4. The standard InChI is InChI=1S/C29H25NS/c1-2-7-22-20(6-1)21(24-17-18-12-13-19(24)16-18)14-15-25(22)30-26-9-5-11-28-29(26)23-8-3-4-10-27(23)31-28/h1-11,14-15,18-19,24,30H,12-13,16-17H2. The summed E-state index contributed by atoms with van der Waals surface area (Å²) in [5, 5.41) is 9.29. The van der Waals surface area contributed by atoms with Gasteiger partial charge in [0, 0.05) is 36.9 Å². The van der Waals surface area contributed by atoms with E-state index in [1.54, 1.807) is 5.56 Å². The van der Waals surface area contributed by atoms with Crippen molar-refractivity contribution in [3.63, 3.8) is 0 Å². The zero-order valence-corrected chi connectivity index (χ0v) is 18.3. The monoisotopic (exact) mass is 419 g/mol. The van der Waals surface area contributed by atoms with Gasteiger partial charge in [-0.1, -0.05) is 61.0 Å². The summed E-state index contributed by atoms with van der Waals surface area (Å²) in [6.45, 7) is 0. The fourth-order valence-corrected chi connectivity index (χ4v) is 7.54. The zero-order chi connectivity index (χ0) is 20.4. The van der Waals surface area contributed by atoms with Crippen LogP contribution in [-0.4, -0.2) is 0 Å². The van der Waals surface area contributed by atoms with Gasteiger partial charge in [-0.3, -0.25) is 0 Å². The van der Waals surface area contributed by atoms with Gasteiger partial charge < -0.3 is 5.32 Å². The summed E-state index contributed by atoms with van der Waals surface area (Å²) in [6.07, 6.45) is 5.72. The summed E-state index contributed by atoms with van der Waals surface area (Å²) in [6, 6.07) is 29.1. The lowest BCUT2D eigenvalue weighted by molar-refractivity contribution is 0.422. The Morgan fingerprint density at radius 1 is 0.645 bits per heavy atom. The lowest BCUT2D eigenvalue weighted by Gasteiger charge is -2.24. The van der Waals surface area contributed by atoms with Crippen molar-refractivity contribution in [2.45, 2.75) is 31.6 Å². The van der Waals surface area contributed by atoms with Crippen molar-refractivity contribution < 1.29 is 0 Å². The highest BCUT2D eigenvalue weighted by molar-refractivity contribution is 7.25. The Bertz CT molecular complexity index is 1450. The smallest absolute Gasteiger partial charge is 0.0478 e. The molecule has 152 valence electrons. The third kappa shape index (κ3) is 2.74. The summed E-state index contributed by atoms with van der Waals surface area (Å²) in [5.41, 5.74) is 3.99. The number of hydrogen-bond acceptors (Lipinski definition) is 2. The average Bonchev–Trinajstić information content (AvgIpc) is 3.53. The maximum atomic E-state index is 3.83. The second kappa shape index (κ2) is 6.83. The first kappa shape index (κ1) is 17.8. The van der Waals surface area contributed by atoms with E-state index in [2.05, 4.69) is 84.2 Å². The molecule has 2 fully saturated rings. The fourth-order valence-electron chi connectivity index (χ4n) is 6.40. The molecule has 0 aliphatic heterocycles. The molecular weight excluding hydrogens is 394 g/mol. The minimum absolute atomic E-state index is 0.752. The van der Waals surface area contributed by atoms with Crippen molar-refractivity contribution >= 4 is 53.7 Å². The summed E-state index contributed by atoms with van der Waals surface area (Å²) in [4.78, 5) is 0. The van der Waals surface area contributed by atoms with Crippen LogP contribution < -0.4 is 5.32 Å². The Balaban J connectivity index is 1.36. The van der Waals surface area contributed by atoms with Gasteiger partial charge in [0.1, 0.15) is 0 Å². The van der Waals surface area contributed by atoms with Gasteiger partial charge in [0.25, 0.3) is 0 Å². The van der Waals surface area contributed by atoms with Gasteiger partial charge in [0.2, 0.25) is 0 Å². The van der Waals surface area contributed by atoms with Crippen molar-refractivity contribution in [3.05, 3.63) is 84.4 Å². The van der Waals surface area contributed by atoms with Gasteiger partial charge in [-0.25, -0.2) is 0 Å². The quantitative estimate of drug-likeness (QED) is 0.308. The van der Waals surface area contributed by atoms with Crippen LogP contribution in [0.25, 0.3) is 30.9 Å². The highest BCUT2D eigenvalue weighted by Gasteiger charge is 2.40. The van der Waals surface area contributed by atoms with Crippen LogP contribution in [0.1, 0.15) is 37.2 Å². The lowest BCUT2D eigenvalue weighted by Crippen LogP contribution is -2.09. The van der Waals surface area contributed by atoms with Crippen LogP contribution in [0.4, 0.5) is 11.4 Å². The molecule has 2 aliphatic rings. The number of anilines is 2. The van der Waals surface area contributed by atoms with Crippen LogP contribution in [0, 0.1) is 11.8 Å². The number of benzene rings is 4. The SMILES string of the molecule is c1ccc2c(c1)sc1cccc(Nc3ccc(C4CC5CCC4C5)c4ccccc34)c12. The Morgan fingerprint density at radius 3 is 2.29 bits per heavy atom. The molecule has 0 saturated heterocycles. The molecule has 7 rings (SSSR count). The summed E-state index contributed by atoms with van der Waals surface area (Å²) >= 11 is 1.88. The topological polar surface area (TPSA) is 12.0 Å². The number of fused-ring (bicyclic) bond motifs is 6. The summed E-state index contributed by atoms with van der Waals surface area (Å²) in [7, 11) is 0. The molecule has 5 aromatic rings. The molecule has 2 saturated carbocycles. The molecule has 2 bridgehead atoms. The third-order valence-corrected chi connectivity index (χ3v) is 8.90. The van der Waals surface area contributed by atoms with E-state index in [1.807, 2.05) is 11.3 Å². The molecule has 1 aromatic heterocycles. The molecule has 0 radical (unpaired) electrons. The van der Waals surface area contributed by atoms with Gasteiger partial charge in [-0.15, -0.1) is 11.3 Å². The Hall–Kier alpha value is -2.84. The third-order valence-electron chi connectivity index (χ3n) is 7.77. The zero-order valence-electron chi connectivity index (χ0n) is 17.5. The van der Waals surface area contributed by atoms with Crippen LogP contribution in [-0.2, 0) is 0 Å². The van der Waals surface area contributed by atoms with Crippen molar-refractivity contribution in [3.8, 4) is 0 Å². The molecular formula is C29H25NS. The largest absolute Gasteiger partial charge is 0.354 e. The minimum atomic E-state index is 0.752. The molecule has 4 aromatic carbocycles. The van der Waals surface area contributed by atoms with Crippen LogP contribution in [0.3, 0.4) is 0 Å². The van der Waals surface area contributed by atoms with Gasteiger partial charge in [-0.2, -0.15) is 0 Å². The van der Waals surface area contributed by atoms with E-state index < -0.39 is 0 Å². The van der Waals surface area contributed by atoms with E-state index in [-0.39, 0.29) is 0 Å². The molecule has 3 unspecified atom stereocenters. The van der Waals surface area contributed by atoms with E-state index in [0.717, 1.165) is 17.8 Å². The van der Waals surface area contributed by atoms with Crippen LogP contribution in [0.5, 0.6) is 0 Å². The maximum absolute atomic E-state index is 3.83. The maximum Gasteiger partial charge on any atom is 0.0478 e. The number of rotatable bonds is 3. The predicted molar refractivity (Wildman–Crippen MR) is 135 cm³/mol. The summed E-state index contributed by atoms with van der Waals surface area (Å²) < 4.78 is 2.69. The second-order valence-electron chi connectivity index (χ2n) is 9.43. The van der Waals surface area contributed by atoms with Gasteiger partial charge >= 0.3 is 0 Å². The first-order valence-electron chi connectivity index (χ1n) is 11.5. The average molecular weight is 420 g/mol. The molecule has 1 nitrogen and oxygen atoms in total. The lowest BCUT2D eigenvalue weighted by atomic mass is 9.81. The Kier molecular flexibility index (Phi) is 3.92. The highest BCUT2D eigenvalue weighted by atomic mass is 32.1. The fraction of sp³-hybridized carbons (Fsp3) is 0.241. The van der Waals surface area contributed by atoms with Crippen LogP contribution >= 0.6 is 11.3 Å². The molecule has 1 N–H and O–H groups in total. The molecule has 0 spiro atoms. The summed E-state index contributed by atoms with van der Waals surface area (Å²) in [5.74, 6) is 2.62. The Morgan fingerprint density at radius 2 is 1.45 bits per heavy atom. The van der Waals surface area contributed by atoms with Crippen LogP contribution in [0.2, 0.25) is 0 Å². The predicted octanol–water partition coefficient (Wildman–Crippen LogP) is 8.85. The first-order chi connectivity index (χ1) is 15.3. The van der Waals surface area contributed by atoms with E-state index >= 15 is 0 Å². The molecule has 0 amide bonds. The van der Waals surface area contributed by atoms with Gasteiger partial charge in [-0.05, 0) is 72.2 Å². The van der Waals surface area contributed by atoms with Crippen molar-refractivity contribution in [2.24, 2.45) is 11.8 Å². The molecule has 1 heterocycles. The minimum Gasteiger partial charge on any atom is -0.354 e.